The summed E-state index contributed by atoms with van der Waals surface area (Å²) in [7, 11) is 0. The first-order chi connectivity index (χ1) is 19.7. The monoisotopic (exact) mass is 565 g/mol. The van der Waals surface area contributed by atoms with Crippen molar-refractivity contribution in [2.24, 2.45) is 0 Å². The second-order valence-electron chi connectivity index (χ2n) is 11.7. The molecule has 1 saturated heterocycles. The summed E-state index contributed by atoms with van der Waals surface area (Å²) in [5.74, 6) is -0.284. The predicted octanol–water partition coefficient (Wildman–Crippen LogP) is 5.53. The Kier molecular flexibility index (Phi) is 13.3. The van der Waals surface area contributed by atoms with Gasteiger partial charge in [0.1, 0.15) is 13.2 Å². The van der Waals surface area contributed by atoms with E-state index in [4.69, 9.17) is 9.47 Å². The van der Waals surface area contributed by atoms with E-state index in [1.54, 1.807) is 0 Å². The van der Waals surface area contributed by atoms with Crippen molar-refractivity contribution in [1.82, 2.24) is 14.7 Å². The first kappa shape index (κ1) is 32.8. The third-order valence-corrected chi connectivity index (χ3v) is 8.55. The Morgan fingerprint density at radius 1 is 0.756 bits per heavy atom. The Morgan fingerprint density at radius 2 is 1.15 bits per heavy atom. The van der Waals surface area contributed by atoms with E-state index < -0.39 is 0 Å². The largest absolute Gasteiger partial charge is 0.461 e. The molecule has 0 amide bonds. The van der Waals surface area contributed by atoms with Gasteiger partial charge in [0, 0.05) is 56.6 Å². The maximum atomic E-state index is 12.5. The van der Waals surface area contributed by atoms with Crippen LogP contribution in [0.15, 0.2) is 60.7 Å². The number of carbonyl (C=O) groups excluding carboxylic acids is 2. The van der Waals surface area contributed by atoms with Crippen LogP contribution in [0, 0.1) is 0 Å². The quantitative estimate of drug-likeness (QED) is 0.263. The molecule has 0 N–H and O–H groups in total. The summed E-state index contributed by atoms with van der Waals surface area (Å²) in [5, 5.41) is 0. The standard InChI is InChI=1S/C34H51N3O4/c1-6-37(7-2)34(5)26-35(28(3)18-20-32(38)40-24-30-14-10-8-11-15-30)22-23-36(27-34)29(4)19-21-33(39)41-25-31-16-12-9-13-17-31/h8-17,28-29H,6-7,18-27H2,1-5H3. The number of hydrogen-bond donors (Lipinski definition) is 0. The van der Waals surface area contributed by atoms with Crippen molar-refractivity contribution in [3.8, 4) is 0 Å². The number of likely N-dealkylation sites (N-methyl/N-ethyl adjacent to an activating group) is 1. The minimum absolute atomic E-state index is 0.0375. The molecule has 41 heavy (non-hydrogen) atoms. The second-order valence-corrected chi connectivity index (χ2v) is 11.7. The van der Waals surface area contributed by atoms with Gasteiger partial charge in [-0.25, -0.2) is 0 Å². The van der Waals surface area contributed by atoms with Gasteiger partial charge in [0.15, 0.2) is 0 Å². The molecule has 2 unspecified atom stereocenters. The maximum absolute atomic E-state index is 12.5. The van der Waals surface area contributed by atoms with Crippen LogP contribution in [0.25, 0.3) is 0 Å². The lowest BCUT2D eigenvalue weighted by atomic mass is 9.96. The molecule has 7 heteroatoms. The van der Waals surface area contributed by atoms with Crippen LogP contribution < -0.4 is 0 Å². The normalized spacial score (nSPS) is 19.9. The van der Waals surface area contributed by atoms with E-state index >= 15 is 0 Å². The highest BCUT2D eigenvalue weighted by atomic mass is 16.5. The summed E-state index contributed by atoms with van der Waals surface area (Å²) < 4.78 is 11.1. The Hall–Kier alpha value is -2.74. The molecule has 2 atom stereocenters. The fourth-order valence-corrected chi connectivity index (χ4v) is 5.92. The third-order valence-electron chi connectivity index (χ3n) is 8.55. The molecule has 0 saturated carbocycles. The van der Waals surface area contributed by atoms with Gasteiger partial charge in [0.2, 0.25) is 0 Å². The van der Waals surface area contributed by atoms with E-state index in [0.29, 0.717) is 26.1 Å². The highest BCUT2D eigenvalue weighted by molar-refractivity contribution is 5.69. The summed E-state index contributed by atoms with van der Waals surface area (Å²) in [4.78, 5) is 32.6. The van der Waals surface area contributed by atoms with Gasteiger partial charge in [-0.15, -0.1) is 0 Å². The zero-order valence-corrected chi connectivity index (χ0v) is 25.9. The molecule has 226 valence electrons. The zero-order chi connectivity index (χ0) is 29.7. The van der Waals surface area contributed by atoms with Gasteiger partial charge >= 0.3 is 11.9 Å². The Balaban J connectivity index is 1.54. The fourth-order valence-electron chi connectivity index (χ4n) is 5.92. The number of esters is 2. The van der Waals surface area contributed by atoms with Crippen molar-refractivity contribution >= 4 is 11.9 Å². The second kappa shape index (κ2) is 16.6. The first-order valence-electron chi connectivity index (χ1n) is 15.4. The van der Waals surface area contributed by atoms with Crippen molar-refractivity contribution in [2.45, 2.75) is 91.1 Å². The number of benzene rings is 2. The molecular formula is C34H51N3O4. The van der Waals surface area contributed by atoms with Crippen LogP contribution in [0.3, 0.4) is 0 Å². The smallest absolute Gasteiger partial charge is 0.306 e. The Bertz CT molecular complexity index is 969. The summed E-state index contributed by atoms with van der Waals surface area (Å²) in [5.41, 5.74) is 1.98. The molecular weight excluding hydrogens is 514 g/mol. The molecule has 1 fully saturated rings. The molecule has 2 aromatic rings. The van der Waals surface area contributed by atoms with Gasteiger partial charge < -0.3 is 9.47 Å². The van der Waals surface area contributed by atoms with Crippen LogP contribution in [-0.2, 0) is 32.3 Å². The van der Waals surface area contributed by atoms with Crippen molar-refractivity contribution in [3.05, 3.63) is 71.8 Å². The van der Waals surface area contributed by atoms with Crippen LogP contribution in [0.2, 0.25) is 0 Å². The minimum Gasteiger partial charge on any atom is -0.461 e. The molecule has 3 rings (SSSR count). The van der Waals surface area contributed by atoms with Crippen LogP contribution in [0.4, 0.5) is 0 Å². The summed E-state index contributed by atoms with van der Waals surface area (Å²) in [6.45, 7) is 17.6. The van der Waals surface area contributed by atoms with Crippen LogP contribution in [0.1, 0.15) is 71.4 Å². The van der Waals surface area contributed by atoms with E-state index in [1.807, 2.05) is 60.7 Å². The predicted molar refractivity (Wildman–Crippen MR) is 164 cm³/mol. The molecule has 0 aliphatic carbocycles. The molecule has 7 nitrogen and oxygen atoms in total. The average Bonchev–Trinajstić information content (AvgIpc) is 3.17. The minimum atomic E-state index is -0.142. The van der Waals surface area contributed by atoms with Crippen LogP contribution >= 0.6 is 0 Å². The van der Waals surface area contributed by atoms with Gasteiger partial charge in [-0.1, -0.05) is 74.5 Å². The maximum Gasteiger partial charge on any atom is 0.306 e. The molecule has 1 aliphatic rings. The summed E-state index contributed by atoms with van der Waals surface area (Å²) >= 11 is 0. The summed E-state index contributed by atoms with van der Waals surface area (Å²) in [6.07, 6.45) is 2.37. The van der Waals surface area contributed by atoms with Crippen LogP contribution in [0.5, 0.6) is 0 Å². The van der Waals surface area contributed by atoms with E-state index in [-0.39, 0.29) is 29.6 Å². The highest BCUT2D eigenvalue weighted by Gasteiger charge is 2.39. The Labute approximate surface area is 247 Å². The SMILES string of the molecule is CCN(CC)C1(C)CN(C(C)CCC(=O)OCc2ccccc2)CCN(C(C)CCC(=O)OCc2ccccc2)C1. The first-order valence-corrected chi connectivity index (χ1v) is 15.4. The molecule has 2 aromatic carbocycles. The zero-order valence-electron chi connectivity index (χ0n) is 25.9. The number of hydrogen-bond acceptors (Lipinski definition) is 7. The van der Waals surface area contributed by atoms with Gasteiger partial charge in [-0.3, -0.25) is 24.3 Å². The molecule has 0 aromatic heterocycles. The Morgan fingerprint density at radius 3 is 1.51 bits per heavy atom. The van der Waals surface area contributed by atoms with Crippen molar-refractivity contribution < 1.29 is 19.1 Å². The van der Waals surface area contributed by atoms with Gasteiger partial charge in [-0.05, 0) is 57.8 Å². The van der Waals surface area contributed by atoms with Gasteiger partial charge in [-0.2, -0.15) is 0 Å². The van der Waals surface area contributed by atoms with E-state index in [1.165, 1.54) is 0 Å². The summed E-state index contributed by atoms with van der Waals surface area (Å²) in [6, 6.07) is 20.2. The van der Waals surface area contributed by atoms with Crippen molar-refractivity contribution in [2.75, 3.05) is 39.3 Å². The fraction of sp³-hybridized carbons (Fsp3) is 0.588. The van der Waals surface area contributed by atoms with Crippen molar-refractivity contribution in [1.29, 1.82) is 0 Å². The van der Waals surface area contributed by atoms with Gasteiger partial charge in [0.05, 0.1) is 0 Å². The van der Waals surface area contributed by atoms with Gasteiger partial charge in [0.25, 0.3) is 0 Å². The number of ether oxygens (including phenoxy) is 2. The van der Waals surface area contributed by atoms with E-state index in [2.05, 4.69) is 49.3 Å². The molecule has 1 aliphatic heterocycles. The molecule has 1 heterocycles. The third kappa shape index (κ3) is 10.6. The number of nitrogens with zero attached hydrogens (tertiary/aromatic N) is 3. The van der Waals surface area contributed by atoms with E-state index in [0.717, 1.165) is 63.2 Å². The van der Waals surface area contributed by atoms with E-state index in [9.17, 15) is 9.59 Å². The van der Waals surface area contributed by atoms with Crippen LogP contribution in [-0.4, -0.2) is 83.5 Å². The highest BCUT2D eigenvalue weighted by Crippen LogP contribution is 2.26. The average molecular weight is 566 g/mol. The molecule has 0 bridgehead atoms. The van der Waals surface area contributed by atoms with Crippen molar-refractivity contribution in [3.63, 3.8) is 0 Å². The molecule has 0 spiro atoms. The topological polar surface area (TPSA) is 62.3 Å². The molecule has 0 radical (unpaired) electrons. The lowest BCUT2D eigenvalue weighted by Crippen LogP contribution is -2.58. The lowest BCUT2D eigenvalue weighted by molar-refractivity contribution is -0.146. The lowest BCUT2D eigenvalue weighted by Gasteiger charge is -2.45. The number of rotatable bonds is 15. The number of carbonyl (C=O) groups is 2.